The lowest BCUT2D eigenvalue weighted by Gasteiger charge is -2.70. The van der Waals surface area contributed by atoms with Gasteiger partial charge in [-0.2, -0.15) is 18.3 Å². The maximum absolute atomic E-state index is 13.6. The van der Waals surface area contributed by atoms with E-state index in [9.17, 15) is 13.2 Å². The number of hydrogen-bond acceptors (Lipinski definition) is 6. The Balaban J connectivity index is 1.24. The molecule has 4 heterocycles. The van der Waals surface area contributed by atoms with E-state index in [0.29, 0.717) is 35.9 Å². The predicted octanol–water partition coefficient (Wildman–Crippen LogP) is 4.82. The van der Waals surface area contributed by atoms with Crippen LogP contribution in [0.15, 0.2) is 24.7 Å². The van der Waals surface area contributed by atoms with Gasteiger partial charge in [-0.15, -0.1) is 0 Å². The first kappa shape index (κ1) is 21.5. The largest absolute Gasteiger partial charge is 0.394 e. The molecule has 1 saturated heterocycles. The van der Waals surface area contributed by atoms with Crippen LogP contribution in [0.2, 0.25) is 0 Å². The van der Waals surface area contributed by atoms with Gasteiger partial charge in [0.1, 0.15) is 17.4 Å². The van der Waals surface area contributed by atoms with E-state index < -0.39 is 17.0 Å². The zero-order valence-electron chi connectivity index (χ0n) is 19.7. The van der Waals surface area contributed by atoms with E-state index in [4.69, 9.17) is 9.72 Å². The minimum atomic E-state index is -4.16. The topological polar surface area (TPSA) is 69.0 Å². The van der Waals surface area contributed by atoms with Crippen molar-refractivity contribution in [3.05, 3.63) is 41.6 Å². The van der Waals surface area contributed by atoms with Crippen molar-refractivity contribution in [3.63, 3.8) is 0 Å². The Labute approximate surface area is 200 Å². The first-order valence-corrected chi connectivity index (χ1v) is 12.3. The van der Waals surface area contributed by atoms with Crippen LogP contribution < -0.4 is 4.90 Å². The molecular formula is C25H27F3N6O. The molecule has 5 aliphatic rings. The number of hydrogen-bond donors (Lipinski definition) is 0. The van der Waals surface area contributed by atoms with E-state index in [2.05, 4.69) is 26.2 Å². The van der Waals surface area contributed by atoms with Crippen LogP contribution in [-0.2, 0) is 10.2 Å². The maximum Gasteiger partial charge on any atom is 0.394 e. The third-order valence-corrected chi connectivity index (χ3v) is 8.27. The van der Waals surface area contributed by atoms with Gasteiger partial charge in [0.15, 0.2) is 0 Å². The fraction of sp³-hybridized carbons (Fsp3) is 0.600. The molecule has 0 radical (unpaired) electrons. The van der Waals surface area contributed by atoms with Crippen LogP contribution in [0.5, 0.6) is 0 Å². The summed E-state index contributed by atoms with van der Waals surface area (Å²) >= 11 is 0. The summed E-state index contributed by atoms with van der Waals surface area (Å²) in [6, 6.07) is 2.42. The van der Waals surface area contributed by atoms with Crippen molar-refractivity contribution in [3.8, 4) is 0 Å². The average Bonchev–Trinajstić information content (AvgIpc) is 3.46. The van der Waals surface area contributed by atoms with Crippen LogP contribution in [0, 0.1) is 12.3 Å². The number of ether oxygens (including phenoxy) is 1. The molecule has 35 heavy (non-hydrogen) atoms. The Hall–Kier alpha value is -2.75. The SMILES string of the molecule is Cc1cnc2c(C34CC(C(F)(F)F)(C3)C4)nc(N3C[C@H](C)O[C@@H](c4cnn(C5CC5)c4)C3)cc2n1. The van der Waals surface area contributed by atoms with Crippen molar-refractivity contribution in [1.29, 1.82) is 0 Å². The average molecular weight is 485 g/mol. The van der Waals surface area contributed by atoms with E-state index in [0.717, 1.165) is 29.9 Å². The summed E-state index contributed by atoms with van der Waals surface area (Å²) < 4.78 is 49.0. The van der Waals surface area contributed by atoms with Crippen LogP contribution in [0.3, 0.4) is 0 Å². The van der Waals surface area contributed by atoms with Crippen molar-refractivity contribution in [1.82, 2.24) is 24.7 Å². The fourth-order valence-electron chi connectivity index (χ4n) is 6.35. The summed E-state index contributed by atoms with van der Waals surface area (Å²) in [4.78, 5) is 16.4. The molecule has 0 unspecified atom stereocenters. The van der Waals surface area contributed by atoms with E-state index in [1.165, 1.54) is 0 Å². The van der Waals surface area contributed by atoms with Crippen LogP contribution in [0.1, 0.15) is 68.1 Å². The van der Waals surface area contributed by atoms with Gasteiger partial charge in [0.25, 0.3) is 0 Å². The zero-order chi connectivity index (χ0) is 24.2. The van der Waals surface area contributed by atoms with Gasteiger partial charge in [-0.25, -0.2) is 9.97 Å². The number of anilines is 1. The zero-order valence-corrected chi connectivity index (χ0v) is 19.7. The molecule has 3 aromatic rings. The number of fused-ring (bicyclic) bond motifs is 1. The summed E-state index contributed by atoms with van der Waals surface area (Å²) in [7, 11) is 0. The Bertz CT molecular complexity index is 1310. The molecule has 2 bridgehead atoms. The first-order chi connectivity index (χ1) is 16.6. The number of aryl methyl sites for hydroxylation is 1. The summed E-state index contributed by atoms with van der Waals surface area (Å²) in [6.07, 6.45) is 3.87. The highest BCUT2D eigenvalue weighted by atomic mass is 19.4. The first-order valence-electron chi connectivity index (χ1n) is 12.3. The number of morpholine rings is 1. The lowest BCUT2D eigenvalue weighted by atomic mass is 9.34. The highest BCUT2D eigenvalue weighted by molar-refractivity contribution is 5.81. The van der Waals surface area contributed by atoms with Gasteiger partial charge in [0, 0.05) is 36.0 Å². The second-order valence-electron chi connectivity index (χ2n) is 11.1. The summed E-state index contributed by atoms with van der Waals surface area (Å²) in [6.45, 7) is 5.14. The molecule has 0 amide bonds. The van der Waals surface area contributed by atoms with Gasteiger partial charge in [-0.1, -0.05) is 0 Å². The molecule has 0 aromatic carbocycles. The highest BCUT2D eigenvalue weighted by Crippen LogP contribution is 2.78. The quantitative estimate of drug-likeness (QED) is 0.529. The number of halogens is 3. The second kappa shape index (κ2) is 6.93. The minimum Gasteiger partial charge on any atom is -0.367 e. The monoisotopic (exact) mass is 484 g/mol. The molecule has 4 saturated carbocycles. The molecule has 3 aromatic heterocycles. The standard InChI is InChI=1S/C25H27F3N6O/c1-14-6-29-21-18(31-14)5-20(32-22(21)23-11-24(12-23,13-23)25(26,27)28)33-8-15(2)35-19(10-33)16-7-30-34(9-16)17-3-4-17/h5-7,9,15,17,19H,3-4,8,10-13H2,1-2H3/t15-,19+,23?,24?/m0/s1. The second-order valence-corrected chi connectivity index (χ2v) is 11.1. The third-order valence-electron chi connectivity index (χ3n) is 8.27. The van der Waals surface area contributed by atoms with Crippen LogP contribution in [0.25, 0.3) is 11.0 Å². The Kier molecular flexibility index (Phi) is 4.26. The molecular weight excluding hydrogens is 457 g/mol. The molecule has 7 nitrogen and oxygen atoms in total. The Morgan fingerprint density at radius 3 is 2.57 bits per heavy atom. The number of nitrogens with zero attached hydrogens (tertiary/aromatic N) is 6. The fourth-order valence-corrected chi connectivity index (χ4v) is 6.35. The predicted molar refractivity (Wildman–Crippen MR) is 122 cm³/mol. The van der Waals surface area contributed by atoms with Crippen molar-refractivity contribution >= 4 is 16.9 Å². The molecule has 0 spiro atoms. The van der Waals surface area contributed by atoms with Crippen LogP contribution in [-0.4, -0.2) is 50.1 Å². The van der Waals surface area contributed by atoms with Crippen molar-refractivity contribution in [2.24, 2.45) is 5.41 Å². The molecule has 10 heteroatoms. The Morgan fingerprint density at radius 1 is 1.09 bits per heavy atom. The molecule has 1 aliphatic heterocycles. The molecule has 2 atom stereocenters. The van der Waals surface area contributed by atoms with E-state index in [-0.39, 0.29) is 31.5 Å². The van der Waals surface area contributed by atoms with E-state index >= 15 is 0 Å². The maximum atomic E-state index is 13.6. The molecule has 5 fully saturated rings. The molecule has 0 N–H and O–H groups in total. The number of alkyl halides is 3. The minimum absolute atomic E-state index is 0.0361. The number of aromatic nitrogens is 5. The van der Waals surface area contributed by atoms with E-state index in [1.807, 2.05) is 30.8 Å². The van der Waals surface area contributed by atoms with E-state index in [1.54, 1.807) is 6.20 Å². The van der Waals surface area contributed by atoms with Gasteiger partial charge in [-0.05, 0) is 46.0 Å². The van der Waals surface area contributed by atoms with Gasteiger partial charge in [0.05, 0.1) is 47.2 Å². The summed E-state index contributed by atoms with van der Waals surface area (Å²) in [5.41, 5.74) is 1.68. The number of pyridine rings is 1. The van der Waals surface area contributed by atoms with Gasteiger partial charge in [0.2, 0.25) is 0 Å². The van der Waals surface area contributed by atoms with Gasteiger partial charge < -0.3 is 9.64 Å². The normalized spacial score (nSPS) is 32.4. The van der Waals surface area contributed by atoms with Crippen molar-refractivity contribution in [2.45, 2.75) is 75.8 Å². The number of rotatable bonds is 4. The molecule has 184 valence electrons. The van der Waals surface area contributed by atoms with Crippen LogP contribution >= 0.6 is 0 Å². The summed E-state index contributed by atoms with van der Waals surface area (Å²) in [5, 5.41) is 4.52. The smallest absolute Gasteiger partial charge is 0.367 e. The van der Waals surface area contributed by atoms with Crippen molar-refractivity contribution < 1.29 is 17.9 Å². The van der Waals surface area contributed by atoms with Gasteiger partial charge >= 0.3 is 6.18 Å². The molecule has 4 aliphatic carbocycles. The van der Waals surface area contributed by atoms with Crippen molar-refractivity contribution in [2.75, 3.05) is 18.0 Å². The highest BCUT2D eigenvalue weighted by Gasteiger charge is 2.79. The molecule has 8 rings (SSSR count). The lowest BCUT2D eigenvalue weighted by Crippen LogP contribution is -2.70. The van der Waals surface area contributed by atoms with Crippen LogP contribution in [0.4, 0.5) is 19.0 Å². The third kappa shape index (κ3) is 3.21. The lowest BCUT2D eigenvalue weighted by molar-refractivity contribution is -0.337. The summed E-state index contributed by atoms with van der Waals surface area (Å²) in [5.74, 6) is 0.730. The van der Waals surface area contributed by atoms with Gasteiger partial charge in [-0.3, -0.25) is 9.67 Å². The Morgan fingerprint density at radius 2 is 1.86 bits per heavy atom.